The highest BCUT2D eigenvalue weighted by Gasteiger charge is 2.52. The van der Waals surface area contributed by atoms with Crippen molar-refractivity contribution in [2.24, 2.45) is 5.41 Å². The zero-order chi connectivity index (χ0) is 25.7. The number of carbonyl (C=O) groups is 1. The summed E-state index contributed by atoms with van der Waals surface area (Å²) >= 11 is 0. The molecule has 1 saturated carbocycles. The van der Waals surface area contributed by atoms with E-state index in [1.54, 1.807) is 0 Å². The molecule has 1 spiro atoms. The molecule has 36 heavy (non-hydrogen) atoms. The van der Waals surface area contributed by atoms with Crippen molar-refractivity contribution in [3.63, 3.8) is 0 Å². The van der Waals surface area contributed by atoms with Crippen molar-refractivity contribution in [3.8, 4) is 0 Å². The zero-order valence-electron chi connectivity index (χ0n) is 20.3. The fourth-order valence-corrected chi connectivity index (χ4v) is 5.97. The van der Waals surface area contributed by atoms with E-state index in [2.05, 4.69) is 20.2 Å². The number of piperazine rings is 1. The largest absolute Gasteiger partial charge is 0.419 e. The average Bonchev–Trinajstić information content (AvgIpc) is 2.76. The highest BCUT2D eigenvalue weighted by Crippen LogP contribution is 2.48. The lowest BCUT2D eigenvalue weighted by molar-refractivity contribution is -0.138. The van der Waals surface area contributed by atoms with Crippen molar-refractivity contribution < 1.29 is 22.4 Å². The Morgan fingerprint density at radius 1 is 1.06 bits per heavy atom. The molecule has 2 amide bonds. The molecule has 1 N–H and O–H groups in total. The number of likely N-dealkylation sites (tertiary alicyclic amines) is 1. The van der Waals surface area contributed by atoms with Crippen LogP contribution in [0.3, 0.4) is 0 Å². The number of benzene rings is 1. The van der Waals surface area contributed by atoms with Gasteiger partial charge in [-0.15, -0.1) is 0 Å². The maximum atomic E-state index is 13.1. The number of urea groups is 1. The number of carbonyl (C=O) groups excluding carboxylic acids is 1. The quantitative estimate of drug-likeness (QED) is 0.638. The number of anilines is 1. The van der Waals surface area contributed by atoms with E-state index < -0.39 is 11.7 Å². The molecule has 3 aliphatic rings. The molecule has 11 heteroatoms. The van der Waals surface area contributed by atoms with Crippen LogP contribution in [0.15, 0.2) is 36.7 Å². The maximum absolute atomic E-state index is 13.1. The molecule has 0 unspecified atom stereocenters. The highest BCUT2D eigenvalue weighted by molar-refractivity contribution is 5.76. The first-order valence-electron chi connectivity index (χ1n) is 12.2. The topological polar surface area (TPSA) is 64.6 Å². The fraction of sp³-hybridized carbons (Fsp3) is 0.560. The minimum Gasteiger partial charge on any atom is -0.337 e. The van der Waals surface area contributed by atoms with Crippen molar-refractivity contribution in [2.75, 3.05) is 31.1 Å². The van der Waals surface area contributed by atoms with Gasteiger partial charge >= 0.3 is 12.2 Å². The second kappa shape index (κ2) is 9.17. The Hall–Kier alpha value is -2.95. The smallest absolute Gasteiger partial charge is 0.337 e. The van der Waals surface area contributed by atoms with Gasteiger partial charge in [0.1, 0.15) is 5.82 Å². The number of halogens is 4. The molecule has 1 aliphatic carbocycles. The summed E-state index contributed by atoms with van der Waals surface area (Å²) in [6.45, 7) is 7.50. The van der Waals surface area contributed by atoms with Crippen LogP contribution in [0, 0.1) is 11.2 Å². The number of nitrogens with one attached hydrogen (secondary N) is 1. The van der Waals surface area contributed by atoms with Gasteiger partial charge in [0.15, 0.2) is 0 Å². The van der Waals surface area contributed by atoms with Crippen LogP contribution in [0.25, 0.3) is 0 Å². The van der Waals surface area contributed by atoms with Gasteiger partial charge in [0.25, 0.3) is 0 Å². The summed E-state index contributed by atoms with van der Waals surface area (Å²) in [6.07, 6.45) is -0.993. The minimum atomic E-state index is -4.48. The van der Waals surface area contributed by atoms with Gasteiger partial charge in [0.05, 0.1) is 5.56 Å². The van der Waals surface area contributed by atoms with E-state index in [0.29, 0.717) is 13.1 Å². The molecule has 3 heterocycles. The molecule has 2 aromatic rings. The Balaban J connectivity index is 1.09. The normalized spacial score (nSPS) is 24.4. The first-order valence-corrected chi connectivity index (χ1v) is 12.2. The summed E-state index contributed by atoms with van der Waals surface area (Å²) in [7, 11) is 0. The molecule has 2 aliphatic heterocycles. The van der Waals surface area contributed by atoms with Crippen LogP contribution in [0.5, 0.6) is 0 Å². The minimum absolute atomic E-state index is 0.106. The van der Waals surface area contributed by atoms with Gasteiger partial charge in [-0.1, -0.05) is 12.1 Å². The Morgan fingerprint density at radius 2 is 1.64 bits per heavy atom. The van der Waals surface area contributed by atoms with Crippen molar-refractivity contribution in [1.82, 2.24) is 25.1 Å². The van der Waals surface area contributed by atoms with Gasteiger partial charge in [-0.05, 0) is 49.8 Å². The monoisotopic (exact) mass is 506 g/mol. The predicted octanol–water partition coefficient (Wildman–Crippen LogP) is 3.91. The van der Waals surface area contributed by atoms with E-state index in [-0.39, 0.29) is 41.3 Å². The summed E-state index contributed by atoms with van der Waals surface area (Å²) in [4.78, 5) is 26.9. The van der Waals surface area contributed by atoms with Crippen molar-refractivity contribution in [3.05, 3.63) is 53.6 Å². The number of alkyl halides is 3. The van der Waals surface area contributed by atoms with Gasteiger partial charge < -0.3 is 15.1 Å². The Labute approximate surface area is 207 Å². The molecule has 3 fully saturated rings. The number of hydrogen-bond donors (Lipinski definition) is 1. The average molecular weight is 507 g/mol. The van der Waals surface area contributed by atoms with E-state index in [1.165, 1.54) is 12.1 Å². The van der Waals surface area contributed by atoms with Gasteiger partial charge in [-0.3, -0.25) is 4.90 Å². The first-order chi connectivity index (χ1) is 17.0. The van der Waals surface area contributed by atoms with E-state index in [0.717, 1.165) is 50.4 Å². The Bertz CT molecular complexity index is 1070. The van der Waals surface area contributed by atoms with Crippen LogP contribution < -0.4 is 10.2 Å². The SMILES string of the molecule is C[C@@H]1CN(c2ncc(C(F)(F)F)cn2)C[C@H](C)N1C(=O)NC1CC2(C1)CN(Cc1ccc(F)cc1)C2. The molecule has 194 valence electrons. The summed E-state index contributed by atoms with van der Waals surface area (Å²) in [5.41, 5.74) is 0.473. The van der Waals surface area contributed by atoms with Crippen molar-refractivity contribution >= 4 is 12.0 Å². The van der Waals surface area contributed by atoms with E-state index >= 15 is 0 Å². The molecule has 2 atom stereocenters. The van der Waals surface area contributed by atoms with Crippen LogP contribution in [-0.2, 0) is 12.7 Å². The van der Waals surface area contributed by atoms with Crippen LogP contribution in [0.2, 0.25) is 0 Å². The second-order valence-corrected chi connectivity index (χ2v) is 10.6. The Kier molecular flexibility index (Phi) is 6.30. The number of aromatic nitrogens is 2. The third-order valence-electron chi connectivity index (χ3n) is 7.53. The summed E-state index contributed by atoms with van der Waals surface area (Å²) < 4.78 is 51.5. The molecule has 1 aromatic heterocycles. The predicted molar refractivity (Wildman–Crippen MR) is 126 cm³/mol. The first kappa shape index (κ1) is 24.7. The number of hydrogen-bond acceptors (Lipinski definition) is 5. The van der Waals surface area contributed by atoms with E-state index in [9.17, 15) is 22.4 Å². The molecule has 2 saturated heterocycles. The third kappa shape index (κ3) is 4.98. The number of amides is 2. The summed E-state index contributed by atoms with van der Waals surface area (Å²) in [6, 6.07) is 6.33. The third-order valence-corrected chi connectivity index (χ3v) is 7.53. The maximum Gasteiger partial charge on any atom is 0.419 e. The van der Waals surface area contributed by atoms with Crippen molar-refractivity contribution in [2.45, 2.75) is 57.5 Å². The molecular weight excluding hydrogens is 476 g/mol. The molecule has 1 aromatic carbocycles. The second-order valence-electron chi connectivity index (χ2n) is 10.6. The highest BCUT2D eigenvalue weighted by atomic mass is 19.4. The van der Waals surface area contributed by atoms with E-state index in [4.69, 9.17) is 0 Å². The lowest BCUT2D eigenvalue weighted by Gasteiger charge is -2.59. The molecule has 0 radical (unpaired) electrons. The van der Waals surface area contributed by atoms with Crippen molar-refractivity contribution in [1.29, 1.82) is 0 Å². The van der Waals surface area contributed by atoms with Crippen LogP contribution in [0.1, 0.15) is 37.8 Å². The van der Waals surface area contributed by atoms with Gasteiger partial charge in [0, 0.05) is 63.2 Å². The fourth-order valence-electron chi connectivity index (χ4n) is 5.97. The molecular formula is C25H30F4N6O. The van der Waals surface area contributed by atoms with Gasteiger partial charge in [0.2, 0.25) is 5.95 Å². The summed E-state index contributed by atoms with van der Waals surface area (Å²) in [5.74, 6) is 0.00671. The number of nitrogens with zero attached hydrogens (tertiary/aromatic N) is 5. The van der Waals surface area contributed by atoms with E-state index in [1.807, 2.05) is 35.8 Å². The zero-order valence-corrected chi connectivity index (χ0v) is 20.3. The van der Waals surface area contributed by atoms with Crippen LogP contribution in [0.4, 0.5) is 28.3 Å². The standard InChI is InChI=1S/C25H30F4N6O/c1-16-11-34(22-30-9-19(10-31-22)25(27,28)29)12-17(2)35(16)23(36)32-21-7-24(8-21)14-33(15-24)13-18-3-5-20(26)6-4-18/h3-6,9-10,16-17,21H,7-8,11-15H2,1-2H3,(H,32,36)/t16-,17+. The number of rotatable bonds is 4. The molecule has 0 bridgehead atoms. The lowest BCUT2D eigenvalue weighted by Crippen LogP contribution is -2.68. The molecule has 7 nitrogen and oxygen atoms in total. The van der Waals surface area contributed by atoms with Gasteiger partial charge in [-0.25, -0.2) is 19.2 Å². The molecule has 5 rings (SSSR count). The summed E-state index contributed by atoms with van der Waals surface area (Å²) in [5, 5.41) is 3.17. The lowest BCUT2D eigenvalue weighted by atomic mass is 9.60. The Morgan fingerprint density at radius 3 is 2.19 bits per heavy atom. The van der Waals surface area contributed by atoms with Crippen LogP contribution >= 0.6 is 0 Å². The van der Waals surface area contributed by atoms with Gasteiger partial charge in [-0.2, -0.15) is 13.2 Å². The van der Waals surface area contributed by atoms with Crippen LogP contribution in [-0.4, -0.2) is 70.1 Å².